The lowest BCUT2D eigenvalue weighted by Crippen LogP contribution is -2.39. The summed E-state index contributed by atoms with van der Waals surface area (Å²) in [7, 11) is 4.18. The second kappa shape index (κ2) is 7.53. The van der Waals surface area contributed by atoms with Crippen LogP contribution in [-0.2, 0) is 4.79 Å². The molecule has 5 heteroatoms. The molecule has 20 heavy (non-hydrogen) atoms. The van der Waals surface area contributed by atoms with E-state index in [1.54, 1.807) is 6.08 Å². The van der Waals surface area contributed by atoms with Crippen molar-refractivity contribution in [3.63, 3.8) is 0 Å². The summed E-state index contributed by atoms with van der Waals surface area (Å²) in [5.74, 6) is 0.734. The van der Waals surface area contributed by atoms with Gasteiger partial charge in [-0.25, -0.2) is 0 Å². The Balaban J connectivity index is 2.35. The molecule has 0 amide bonds. The molecule has 1 N–H and O–H groups in total. The summed E-state index contributed by atoms with van der Waals surface area (Å²) in [5, 5.41) is 0. The first kappa shape index (κ1) is 16.8. The van der Waals surface area contributed by atoms with Gasteiger partial charge in [-0.05, 0) is 17.7 Å². The van der Waals surface area contributed by atoms with Crippen molar-refractivity contribution in [3.8, 4) is 5.75 Å². The van der Waals surface area contributed by atoms with Crippen molar-refractivity contribution in [3.05, 3.63) is 36.4 Å². The molecule has 1 rings (SSSR count). The number of quaternary nitrogens is 1. The van der Waals surface area contributed by atoms with E-state index >= 15 is 0 Å². The predicted molar refractivity (Wildman–Crippen MR) is 83.9 cm³/mol. The molecule has 110 valence electrons. The van der Waals surface area contributed by atoms with E-state index in [0.717, 1.165) is 11.3 Å². The maximum Gasteiger partial charge on any atom is 0.235 e. The van der Waals surface area contributed by atoms with Gasteiger partial charge >= 0.3 is 0 Å². The largest absolute Gasteiger partial charge is 0.493 e. The van der Waals surface area contributed by atoms with Crippen molar-refractivity contribution in [1.29, 1.82) is 0 Å². The molecule has 0 saturated heterocycles. The molecule has 4 nitrogen and oxygen atoms in total. The van der Waals surface area contributed by atoms with E-state index in [9.17, 15) is 9.69 Å². The van der Waals surface area contributed by atoms with Gasteiger partial charge in [-0.15, -0.1) is 0 Å². The van der Waals surface area contributed by atoms with Gasteiger partial charge in [-0.2, -0.15) is 0 Å². The van der Waals surface area contributed by atoms with E-state index in [1.165, 1.54) is 0 Å². The number of rotatable bonds is 8. The molecule has 0 radical (unpaired) electrons. The van der Waals surface area contributed by atoms with Gasteiger partial charge in [0.15, 0.2) is 0 Å². The molecule has 0 aliphatic rings. The minimum Gasteiger partial charge on any atom is -0.493 e. The fourth-order valence-electron chi connectivity index (χ4n) is 1.56. The van der Waals surface area contributed by atoms with E-state index in [2.05, 4.69) is 6.58 Å². The zero-order chi connectivity index (χ0) is 15.2. The number of benzene rings is 1. The second-order valence-electron chi connectivity index (χ2n) is 5.59. The summed E-state index contributed by atoms with van der Waals surface area (Å²) in [6.45, 7) is 4.37. The topological polar surface area (TPSA) is 46.5 Å². The molecule has 1 aromatic rings. The number of carbonyl (C=O) groups excluding carboxylic acids is 1. The number of carbonyl (C=O) groups is 1. The van der Waals surface area contributed by atoms with Crippen LogP contribution in [0.1, 0.15) is 5.56 Å². The normalized spacial score (nSPS) is 12.8. The molecule has 1 aromatic carbocycles. The lowest BCUT2D eigenvalue weighted by Gasteiger charge is -2.23. The third-order valence-electron chi connectivity index (χ3n) is 2.59. The van der Waals surface area contributed by atoms with Crippen LogP contribution in [0.4, 0.5) is 0 Å². The van der Waals surface area contributed by atoms with E-state index in [4.69, 9.17) is 4.74 Å². The van der Waals surface area contributed by atoms with Crippen LogP contribution in [0.5, 0.6) is 5.75 Å². The molecule has 0 bridgehead atoms. The second-order valence-corrected chi connectivity index (χ2v) is 7.33. The molecular formula is C15H23NO3P+. The van der Waals surface area contributed by atoms with Gasteiger partial charge in [0.1, 0.15) is 20.4 Å². The molecule has 0 aromatic heterocycles. The maximum atomic E-state index is 11.8. The van der Waals surface area contributed by atoms with E-state index in [0.29, 0.717) is 23.8 Å². The standard InChI is InChI=1S/C15H23NO3P/c1-5-13-6-8-14(9-7-13)19-10-11-20(18)15(17)12-16(2,3)4/h5-9,18H,1,10-12H2,2-4H3/q+1. The van der Waals surface area contributed by atoms with Crippen LogP contribution in [0.25, 0.3) is 6.08 Å². The summed E-state index contributed by atoms with van der Waals surface area (Å²) in [5.41, 5.74) is 0.943. The number of hydrogen-bond acceptors (Lipinski definition) is 3. The molecule has 0 aliphatic carbocycles. The Kier molecular flexibility index (Phi) is 6.34. The Morgan fingerprint density at radius 3 is 2.45 bits per heavy atom. The third-order valence-corrected chi connectivity index (χ3v) is 3.91. The van der Waals surface area contributed by atoms with Crippen LogP contribution >= 0.6 is 8.15 Å². The Hall–Kier alpha value is -1.22. The lowest BCUT2D eigenvalue weighted by molar-refractivity contribution is -0.861. The molecule has 1 atom stereocenters. The summed E-state index contributed by atoms with van der Waals surface area (Å²) in [4.78, 5) is 21.6. The Labute approximate surface area is 122 Å². The Bertz CT molecular complexity index is 451. The molecule has 0 aliphatic heterocycles. The number of likely N-dealkylation sites (N-methyl/N-ethyl adjacent to an activating group) is 1. The fourth-order valence-corrected chi connectivity index (χ4v) is 2.66. The molecule has 1 unspecified atom stereocenters. The summed E-state index contributed by atoms with van der Waals surface area (Å²) >= 11 is 0. The first-order valence-electron chi connectivity index (χ1n) is 6.47. The highest BCUT2D eigenvalue weighted by atomic mass is 31.1. The summed E-state index contributed by atoms with van der Waals surface area (Å²) in [6, 6.07) is 7.52. The number of nitrogens with zero attached hydrogens (tertiary/aromatic N) is 1. The van der Waals surface area contributed by atoms with E-state index in [1.807, 2.05) is 45.4 Å². The van der Waals surface area contributed by atoms with Crippen molar-refractivity contribution >= 4 is 19.7 Å². The van der Waals surface area contributed by atoms with E-state index in [-0.39, 0.29) is 5.52 Å². The van der Waals surface area contributed by atoms with Gasteiger partial charge in [0.2, 0.25) is 5.52 Å². The van der Waals surface area contributed by atoms with Crippen LogP contribution in [0.3, 0.4) is 0 Å². The highest BCUT2D eigenvalue weighted by molar-refractivity contribution is 7.69. The Morgan fingerprint density at radius 1 is 1.35 bits per heavy atom. The van der Waals surface area contributed by atoms with Gasteiger partial charge in [-0.3, -0.25) is 4.79 Å². The van der Waals surface area contributed by atoms with Crippen molar-refractivity contribution in [2.24, 2.45) is 0 Å². The first-order chi connectivity index (χ1) is 9.31. The highest BCUT2D eigenvalue weighted by Gasteiger charge is 2.22. The zero-order valence-corrected chi connectivity index (χ0v) is 13.3. The van der Waals surface area contributed by atoms with Gasteiger partial charge in [0.25, 0.3) is 0 Å². The fraction of sp³-hybridized carbons (Fsp3) is 0.400. The van der Waals surface area contributed by atoms with E-state index < -0.39 is 8.15 Å². The van der Waals surface area contributed by atoms with Crippen LogP contribution in [0.15, 0.2) is 30.8 Å². The van der Waals surface area contributed by atoms with Gasteiger partial charge < -0.3 is 14.1 Å². The molecule has 0 saturated carbocycles. The van der Waals surface area contributed by atoms with Gasteiger partial charge in [0, 0.05) is 6.16 Å². The molecular weight excluding hydrogens is 273 g/mol. The molecule has 0 fully saturated rings. The van der Waals surface area contributed by atoms with Crippen molar-refractivity contribution in [2.75, 3.05) is 40.5 Å². The zero-order valence-electron chi connectivity index (χ0n) is 12.4. The van der Waals surface area contributed by atoms with Crippen molar-refractivity contribution < 1.29 is 18.9 Å². The third kappa shape index (κ3) is 6.29. The van der Waals surface area contributed by atoms with Crippen molar-refractivity contribution in [2.45, 2.75) is 0 Å². The summed E-state index contributed by atoms with van der Waals surface area (Å²) < 4.78 is 6.05. The van der Waals surface area contributed by atoms with Crippen LogP contribution in [0, 0.1) is 0 Å². The average molecular weight is 296 g/mol. The minimum absolute atomic E-state index is 0.0851. The van der Waals surface area contributed by atoms with Crippen LogP contribution < -0.4 is 4.74 Å². The minimum atomic E-state index is -1.61. The average Bonchev–Trinajstić information content (AvgIpc) is 2.37. The monoisotopic (exact) mass is 296 g/mol. The molecule has 0 heterocycles. The SMILES string of the molecule is C=Cc1ccc(OCCP(O)C(=O)C[N+](C)(C)C)cc1. The van der Waals surface area contributed by atoms with Gasteiger partial charge in [0.05, 0.1) is 27.7 Å². The predicted octanol–water partition coefficient (Wildman–Crippen LogP) is 2.33. The molecule has 0 spiro atoms. The number of ether oxygens (including phenoxy) is 1. The maximum absolute atomic E-state index is 11.8. The van der Waals surface area contributed by atoms with Crippen LogP contribution in [0.2, 0.25) is 0 Å². The highest BCUT2D eigenvalue weighted by Crippen LogP contribution is 2.31. The van der Waals surface area contributed by atoms with Crippen molar-refractivity contribution in [1.82, 2.24) is 0 Å². The Morgan fingerprint density at radius 2 is 1.95 bits per heavy atom. The van der Waals surface area contributed by atoms with Gasteiger partial charge in [-0.1, -0.05) is 24.8 Å². The quantitative estimate of drug-likeness (QED) is 0.591. The summed E-state index contributed by atoms with van der Waals surface area (Å²) in [6.07, 6.45) is 2.14. The first-order valence-corrected chi connectivity index (χ1v) is 7.95. The number of hydrogen-bond donors (Lipinski definition) is 1. The van der Waals surface area contributed by atoms with Crippen LogP contribution in [-0.4, -0.2) is 55.4 Å². The smallest absolute Gasteiger partial charge is 0.235 e. The lowest BCUT2D eigenvalue weighted by atomic mass is 10.2.